The molecule has 60 valence electrons. The third-order valence-corrected chi connectivity index (χ3v) is 1.18. The topological polar surface area (TPSA) is 58.9 Å². The molecule has 0 radical (unpaired) electrons. The van der Waals surface area contributed by atoms with Gasteiger partial charge in [-0.05, 0) is 0 Å². The van der Waals surface area contributed by atoms with Crippen molar-refractivity contribution >= 4 is 7.12 Å². The third kappa shape index (κ3) is 3.84. The summed E-state index contributed by atoms with van der Waals surface area (Å²) >= 11 is 0. The van der Waals surface area contributed by atoms with E-state index < -0.39 is 7.12 Å². The van der Waals surface area contributed by atoms with Crippen molar-refractivity contribution in [2.24, 2.45) is 0 Å². The molecule has 0 aromatic rings. The highest BCUT2D eigenvalue weighted by Crippen LogP contribution is 2.06. The Balaban J connectivity index is 3.50. The van der Waals surface area contributed by atoms with Crippen molar-refractivity contribution < 1.29 is 19.5 Å². The SMILES string of the molecule is COCC(COC)B(O)O. The zero-order valence-electron chi connectivity index (χ0n) is 6.28. The normalized spacial score (nSPS) is 10.5. The van der Waals surface area contributed by atoms with Crippen molar-refractivity contribution in [3.63, 3.8) is 0 Å². The van der Waals surface area contributed by atoms with Gasteiger partial charge in [0.2, 0.25) is 0 Å². The summed E-state index contributed by atoms with van der Waals surface area (Å²) in [5.41, 5.74) is 0. The van der Waals surface area contributed by atoms with Gasteiger partial charge in [0.05, 0.1) is 0 Å². The van der Waals surface area contributed by atoms with E-state index in [-0.39, 0.29) is 5.82 Å². The second kappa shape index (κ2) is 5.67. The summed E-state index contributed by atoms with van der Waals surface area (Å²) in [6.07, 6.45) is 0. The lowest BCUT2D eigenvalue weighted by Gasteiger charge is -2.12. The molecular weight excluding hydrogens is 135 g/mol. The van der Waals surface area contributed by atoms with Gasteiger partial charge in [-0.3, -0.25) is 0 Å². The van der Waals surface area contributed by atoms with Gasteiger partial charge in [-0.15, -0.1) is 0 Å². The first-order valence-electron chi connectivity index (χ1n) is 3.06. The summed E-state index contributed by atoms with van der Waals surface area (Å²) in [5.74, 6) is -0.352. The number of ether oxygens (including phenoxy) is 2. The van der Waals surface area contributed by atoms with E-state index in [1.54, 1.807) is 0 Å². The van der Waals surface area contributed by atoms with E-state index >= 15 is 0 Å². The first kappa shape index (κ1) is 9.90. The minimum atomic E-state index is -1.36. The molecule has 4 nitrogen and oxygen atoms in total. The van der Waals surface area contributed by atoms with Crippen LogP contribution in [0.3, 0.4) is 0 Å². The van der Waals surface area contributed by atoms with E-state index in [0.717, 1.165) is 0 Å². The van der Waals surface area contributed by atoms with E-state index in [9.17, 15) is 0 Å². The van der Waals surface area contributed by atoms with Crippen LogP contribution in [0.15, 0.2) is 0 Å². The van der Waals surface area contributed by atoms with Crippen LogP contribution in [0.1, 0.15) is 0 Å². The van der Waals surface area contributed by atoms with Gasteiger partial charge < -0.3 is 19.5 Å². The van der Waals surface area contributed by atoms with Crippen LogP contribution in [0.4, 0.5) is 0 Å². The van der Waals surface area contributed by atoms with Crippen LogP contribution >= 0.6 is 0 Å². The second-order valence-corrected chi connectivity index (χ2v) is 2.08. The maximum atomic E-state index is 8.67. The van der Waals surface area contributed by atoms with E-state index in [1.165, 1.54) is 14.2 Å². The molecule has 0 bridgehead atoms. The molecule has 0 spiro atoms. The van der Waals surface area contributed by atoms with E-state index in [2.05, 4.69) is 0 Å². The summed E-state index contributed by atoms with van der Waals surface area (Å²) < 4.78 is 9.44. The first-order chi connectivity index (χ1) is 4.72. The van der Waals surface area contributed by atoms with Gasteiger partial charge >= 0.3 is 7.12 Å². The van der Waals surface area contributed by atoms with Gasteiger partial charge in [-0.1, -0.05) is 0 Å². The average molecular weight is 148 g/mol. The van der Waals surface area contributed by atoms with Crippen LogP contribution in [-0.2, 0) is 9.47 Å². The van der Waals surface area contributed by atoms with Crippen LogP contribution < -0.4 is 0 Å². The van der Waals surface area contributed by atoms with E-state index in [1.807, 2.05) is 0 Å². The fourth-order valence-corrected chi connectivity index (χ4v) is 0.648. The van der Waals surface area contributed by atoms with Crippen molar-refractivity contribution in [1.82, 2.24) is 0 Å². The molecule has 10 heavy (non-hydrogen) atoms. The molecule has 0 aliphatic rings. The summed E-state index contributed by atoms with van der Waals surface area (Å²) in [6, 6.07) is 0. The zero-order chi connectivity index (χ0) is 7.98. The Hall–Kier alpha value is -0.0951. The lowest BCUT2D eigenvalue weighted by Crippen LogP contribution is -2.27. The summed E-state index contributed by atoms with van der Waals surface area (Å²) in [5, 5.41) is 17.3. The summed E-state index contributed by atoms with van der Waals surface area (Å²) in [6.45, 7) is 0.594. The molecule has 0 amide bonds. The number of hydrogen-bond acceptors (Lipinski definition) is 4. The minimum absolute atomic E-state index is 0.297. The molecule has 0 aromatic heterocycles. The van der Waals surface area contributed by atoms with Crippen LogP contribution in [0, 0.1) is 0 Å². The monoisotopic (exact) mass is 148 g/mol. The fourth-order valence-electron chi connectivity index (χ4n) is 0.648. The smallest absolute Gasteiger partial charge is 0.427 e. The van der Waals surface area contributed by atoms with Gasteiger partial charge in [-0.2, -0.15) is 0 Å². The standard InChI is InChI=1S/C5H13BO4/c1-9-3-5(4-10-2)6(7)8/h5,7-8H,3-4H2,1-2H3. The fraction of sp³-hybridized carbons (Fsp3) is 1.00. The largest absolute Gasteiger partial charge is 0.459 e. The molecule has 0 atom stereocenters. The average Bonchev–Trinajstić information content (AvgIpc) is 1.87. The van der Waals surface area contributed by atoms with Crippen molar-refractivity contribution in [3.05, 3.63) is 0 Å². The van der Waals surface area contributed by atoms with Gasteiger partial charge in [0.15, 0.2) is 0 Å². The minimum Gasteiger partial charge on any atom is -0.427 e. The molecule has 0 aromatic carbocycles. The summed E-state index contributed by atoms with van der Waals surface area (Å²) in [4.78, 5) is 0. The number of methoxy groups -OCH3 is 2. The van der Waals surface area contributed by atoms with E-state index in [4.69, 9.17) is 19.5 Å². The lowest BCUT2D eigenvalue weighted by molar-refractivity contribution is 0.125. The Bertz CT molecular complexity index is 72.0. The van der Waals surface area contributed by atoms with E-state index in [0.29, 0.717) is 13.2 Å². The van der Waals surface area contributed by atoms with Gasteiger partial charge in [0, 0.05) is 33.3 Å². The highest BCUT2D eigenvalue weighted by atomic mass is 16.5. The Morgan fingerprint density at radius 2 is 1.60 bits per heavy atom. The maximum Gasteiger partial charge on any atom is 0.459 e. The predicted molar refractivity (Wildman–Crippen MR) is 37.7 cm³/mol. The lowest BCUT2D eigenvalue weighted by atomic mass is 9.74. The van der Waals surface area contributed by atoms with Crippen LogP contribution in [0.5, 0.6) is 0 Å². The van der Waals surface area contributed by atoms with Crippen LogP contribution in [0.25, 0.3) is 0 Å². The van der Waals surface area contributed by atoms with Gasteiger partial charge in [0.25, 0.3) is 0 Å². The molecule has 0 rings (SSSR count). The second-order valence-electron chi connectivity index (χ2n) is 2.08. The Morgan fingerprint density at radius 3 is 1.80 bits per heavy atom. The quantitative estimate of drug-likeness (QED) is 0.497. The number of hydrogen-bond donors (Lipinski definition) is 2. The van der Waals surface area contributed by atoms with Crippen LogP contribution in [0.2, 0.25) is 5.82 Å². The molecule has 0 aliphatic carbocycles. The highest BCUT2D eigenvalue weighted by molar-refractivity contribution is 6.43. The number of rotatable bonds is 5. The Labute approximate surface area is 60.9 Å². The van der Waals surface area contributed by atoms with Crippen molar-refractivity contribution in [1.29, 1.82) is 0 Å². The molecule has 0 unspecified atom stereocenters. The molecule has 5 heteroatoms. The predicted octanol–water partition coefficient (Wildman–Crippen LogP) is -0.878. The third-order valence-electron chi connectivity index (χ3n) is 1.18. The molecule has 2 N–H and O–H groups in total. The molecule has 0 saturated heterocycles. The highest BCUT2D eigenvalue weighted by Gasteiger charge is 2.22. The maximum absolute atomic E-state index is 8.67. The van der Waals surface area contributed by atoms with Crippen molar-refractivity contribution in [2.75, 3.05) is 27.4 Å². The molecule has 0 heterocycles. The van der Waals surface area contributed by atoms with Gasteiger partial charge in [-0.25, -0.2) is 0 Å². The van der Waals surface area contributed by atoms with Gasteiger partial charge in [0.1, 0.15) is 0 Å². The molecular formula is C5H13BO4. The van der Waals surface area contributed by atoms with Crippen LogP contribution in [-0.4, -0.2) is 44.6 Å². The Kier molecular flexibility index (Phi) is 5.62. The zero-order valence-corrected chi connectivity index (χ0v) is 6.28. The Morgan fingerprint density at radius 1 is 1.20 bits per heavy atom. The first-order valence-corrected chi connectivity index (χ1v) is 3.06. The van der Waals surface area contributed by atoms with Crippen molar-refractivity contribution in [2.45, 2.75) is 5.82 Å². The summed E-state index contributed by atoms with van der Waals surface area (Å²) in [7, 11) is 1.65. The van der Waals surface area contributed by atoms with Crippen molar-refractivity contribution in [3.8, 4) is 0 Å². The molecule has 0 saturated carbocycles. The molecule has 0 fully saturated rings. The molecule has 0 aliphatic heterocycles.